The third-order valence-corrected chi connectivity index (χ3v) is 10.7. The Morgan fingerprint density at radius 2 is 0.860 bits per heavy atom. The molecule has 0 bridgehead atoms. The van der Waals surface area contributed by atoms with E-state index >= 15 is 0 Å². The zero-order chi connectivity index (χ0) is 37.9. The number of oxazole rings is 2. The van der Waals surface area contributed by atoms with Crippen molar-refractivity contribution in [3.05, 3.63) is 188 Å². The fourth-order valence-corrected chi connectivity index (χ4v) is 7.82. The number of nitriles is 1. The predicted molar refractivity (Wildman–Crippen MR) is 230 cm³/mol. The summed E-state index contributed by atoms with van der Waals surface area (Å²) in [6.45, 7) is 0. The number of hydrogen-bond acceptors (Lipinski definition) is 6. The number of anilines is 3. The molecule has 0 aliphatic rings. The van der Waals surface area contributed by atoms with Crippen LogP contribution >= 0.6 is 0 Å². The summed E-state index contributed by atoms with van der Waals surface area (Å²) in [6, 6.07) is 64.6. The molecule has 0 spiro atoms. The fraction of sp³-hybridized carbons (Fsp3) is 0. The Hall–Kier alpha value is -8.01. The molecule has 0 aliphatic heterocycles. The third-order valence-electron chi connectivity index (χ3n) is 10.7. The van der Waals surface area contributed by atoms with Crippen LogP contribution in [0.5, 0.6) is 0 Å². The Morgan fingerprint density at radius 1 is 0.404 bits per heavy atom. The number of aromatic nitrogens is 2. The van der Waals surface area contributed by atoms with Gasteiger partial charge in [-0.05, 0) is 153 Å². The summed E-state index contributed by atoms with van der Waals surface area (Å²) in [5, 5.41) is 16.2. The molecule has 2 heterocycles. The molecule has 0 atom stereocenters. The highest BCUT2D eigenvalue weighted by Crippen LogP contribution is 2.39. The molecule has 0 saturated carbocycles. The average Bonchev–Trinajstić information content (AvgIpc) is 3.92. The van der Waals surface area contributed by atoms with Crippen molar-refractivity contribution in [1.82, 2.24) is 9.97 Å². The molecule has 9 aromatic carbocycles. The standard InChI is InChI=1S/C51H30N4O2/c52-31-32-9-25-44-39(27-32)12-13-40-29-37(19-26-45(40)44)35-10-11-38-30-43(24-18-36(38)28-35)55(41-20-14-33(15-21-41)50-53-46-5-1-3-7-48(46)56-50)42-22-16-34(17-23-42)51-54-47-6-2-4-8-49(47)57-51/h1-30H. The minimum absolute atomic E-state index is 0.590. The maximum Gasteiger partial charge on any atom is 0.227 e. The molecular formula is C51H30N4O2. The first-order valence-electron chi connectivity index (χ1n) is 18.8. The van der Waals surface area contributed by atoms with Gasteiger partial charge in [-0.25, -0.2) is 9.97 Å². The van der Waals surface area contributed by atoms with Gasteiger partial charge in [-0.15, -0.1) is 0 Å². The Labute approximate surface area is 327 Å². The van der Waals surface area contributed by atoms with Gasteiger partial charge < -0.3 is 13.7 Å². The second-order valence-corrected chi connectivity index (χ2v) is 14.2. The summed E-state index contributed by atoms with van der Waals surface area (Å²) < 4.78 is 12.2. The summed E-state index contributed by atoms with van der Waals surface area (Å²) >= 11 is 0. The molecule has 6 nitrogen and oxygen atoms in total. The maximum absolute atomic E-state index is 9.36. The summed E-state index contributed by atoms with van der Waals surface area (Å²) in [4.78, 5) is 11.7. The topological polar surface area (TPSA) is 79.1 Å². The summed E-state index contributed by atoms with van der Waals surface area (Å²) in [5.74, 6) is 1.18. The van der Waals surface area contributed by atoms with E-state index in [1.54, 1.807) is 0 Å². The second-order valence-electron chi connectivity index (χ2n) is 14.2. The van der Waals surface area contributed by atoms with Crippen molar-refractivity contribution >= 4 is 71.6 Å². The summed E-state index contributed by atoms with van der Waals surface area (Å²) in [7, 11) is 0. The van der Waals surface area contributed by atoms with Gasteiger partial charge in [0.2, 0.25) is 11.8 Å². The van der Waals surface area contributed by atoms with Gasteiger partial charge in [-0.1, -0.05) is 72.8 Å². The number of benzene rings is 9. The Bertz CT molecular complexity index is 3190. The molecule has 266 valence electrons. The van der Waals surface area contributed by atoms with Crippen molar-refractivity contribution in [2.24, 2.45) is 0 Å². The highest BCUT2D eigenvalue weighted by Gasteiger charge is 2.17. The van der Waals surface area contributed by atoms with Gasteiger partial charge in [0.15, 0.2) is 11.2 Å². The first-order valence-corrected chi connectivity index (χ1v) is 18.8. The van der Waals surface area contributed by atoms with E-state index in [1.807, 2.05) is 66.7 Å². The molecule has 57 heavy (non-hydrogen) atoms. The van der Waals surface area contributed by atoms with Crippen molar-refractivity contribution in [3.63, 3.8) is 0 Å². The van der Waals surface area contributed by atoms with Crippen molar-refractivity contribution in [2.45, 2.75) is 0 Å². The van der Waals surface area contributed by atoms with Crippen LogP contribution in [-0.2, 0) is 0 Å². The minimum Gasteiger partial charge on any atom is -0.436 e. The van der Waals surface area contributed by atoms with E-state index in [4.69, 9.17) is 18.8 Å². The number of hydrogen-bond donors (Lipinski definition) is 0. The number of rotatable bonds is 6. The summed E-state index contributed by atoms with van der Waals surface area (Å²) in [5.41, 5.74) is 11.0. The van der Waals surface area contributed by atoms with Crippen molar-refractivity contribution in [2.75, 3.05) is 4.90 Å². The van der Waals surface area contributed by atoms with Gasteiger partial charge in [0.25, 0.3) is 0 Å². The van der Waals surface area contributed by atoms with Crippen LogP contribution in [0.4, 0.5) is 17.1 Å². The summed E-state index contributed by atoms with van der Waals surface area (Å²) in [6.07, 6.45) is 0. The van der Waals surface area contributed by atoms with E-state index < -0.39 is 0 Å². The molecule has 6 heteroatoms. The van der Waals surface area contributed by atoms with Gasteiger partial charge in [-0.3, -0.25) is 0 Å². The highest BCUT2D eigenvalue weighted by atomic mass is 16.4. The zero-order valence-electron chi connectivity index (χ0n) is 30.4. The quantitative estimate of drug-likeness (QED) is 0.159. The molecule has 0 amide bonds. The van der Waals surface area contributed by atoms with Gasteiger partial charge in [-0.2, -0.15) is 5.26 Å². The SMILES string of the molecule is N#Cc1ccc2c(ccc3cc(-c4ccc5cc(N(c6ccc(-c7nc8ccccc8o7)cc6)c6ccc(-c7nc8ccccc8o7)cc6)ccc5c4)ccc32)c1. The van der Waals surface area contributed by atoms with Crippen LogP contribution in [-0.4, -0.2) is 9.97 Å². The van der Waals surface area contributed by atoms with Crippen molar-refractivity contribution < 1.29 is 8.83 Å². The first kappa shape index (κ1) is 32.4. The number of fused-ring (bicyclic) bond motifs is 6. The van der Waals surface area contributed by atoms with Crippen LogP contribution in [0.3, 0.4) is 0 Å². The molecule has 2 aromatic heterocycles. The zero-order valence-corrected chi connectivity index (χ0v) is 30.4. The van der Waals surface area contributed by atoms with E-state index in [9.17, 15) is 5.26 Å². The molecule has 0 aliphatic carbocycles. The lowest BCUT2D eigenvalue weighted by Crippen LogP contribution is -2.09. The smallest absolute Gasteiger partial charge is 0.227 e. The van der Waals surface area contributed by atoms with Crippen molar-refractivity contribution in [3.8, 4) is 40.1 Å². The molecule has 0 unspecified atom stereocenters. The van der Waals surface area contributed by atoms with E-state index in [0.29, 0.717) is 17.3 Å². The van der Waals surface area contributed by atoms with E-state index in [-0.39, 0.29) is 0 Å². The molecule has 11 rings (SSSR count). The van der Waals surface area contributed by atoms with Gasteiger partial charge in [0, 0.05) is 28.2 Å². The molecule has 0 saturated heterocycles. The molecule has 0 fully saturated rings. The Balaban J connectivity index is 0.960. The molecule has 0 radical (unpaired) electrons. The minimum atomic E-state index is 0.590. The number of para-hydroxylation sites is 4. The van der Waals surface area contributed by atoms with Crippen LogP contribution in [0.25, 0.3) is 88.6 Å². The largest absolute Gasteiger partial charge is 0.436 e. The number of nitrogens with zero attached hydrogens (tertiary/aromatic N) is 4. The molecule has 11 aromatic rings. The van der Waals surface area contributed by atoms with Crippen LogP contribution in [0.15, 0.2) is 191 Å². The maximum atomic E-state index is 9.36. The fourth-order valence-electron chi connectivity index (χ4n) is 7.82. The molecular weight excluding hydrogens is 701 g/mol. The van der Waals surface area contributed by atoms with Crippen LogP contribution in [0.1, 0.15) is 5.56 Å². The van der Waals surface area contributed by atoms with Crippen LogP contribution in [0, 0.1) is 11.3 Å². The predicted octanol–water partition coefficient (Wildman–Crippen LogP) is 13.8. The van der Waals surface area contributed by atoms with Gasteiger partial charge in [0.1, 0.15) is 11.0 Å². The van der Waals surface area contributed by atoms with Gasteiger partial charge in [0.05, 0.1) is 11.6 Å². The lowest BCUT2D eigenvalue weighted by molar-refractivity contribution is 0.619. The lowest BCUT2D eigenvalue weighted by atomic mass is 9.95. The Morgan fingerprint density at radius 3 is 1.46 bits per heavy atom. The normalized spacial score (nSPS) is 11.5. The van der Waals surface area contributed by atoms with E-state index in [2.05, 4.69) is 126 Å². The lowest BCUT2D eigenvalue weighted by Gasteiger charge is -2.26. The van der Waals surface area contributed by atoms with E-state index in [0.717, 1.165) is 83.1 Å². The van der Waals surface area contributed by atoms with Crippen LogP contribution in [0.2, 0.25) is 0 Å². The van der Waals surface area contributed by atoms with Crippen molar-refractivity contribution in [1.29, 1.82) is 5.26 Å². The Kier molecular flexibility index (Phi) is 7.44. The van der Waals surface area contributed by atoms with E-state index in [1.165, 1.54) is 10.8 Å². The first-order chi connectivity index (χ1) is 28.1. The average molecular weight is 731 g/mol. The second kappa shape index (κ2) is 13.1. The van der Waals surface area contributed by atoms with Crippen LogP contribution < -0.4 is 4.90 Å². The highest BCUT2D eigenvalue weighted by molar-refractivity contribution is 6.09. The monoisotopic (exact) mass is 730 g/mol. The molecule has 0 N–H and O–H groups in total. The van der Waals surface area contributed by atoms with Gasteiger partial charge >= 0.3 is 0 Å². The third kappa shape index (κ3) is 5.74.